The van der Waals surface area contributed by atoms with Crippen LogP contribution in [0.15, 0.2) is 0 Å². The molecule has 89 valence electrons. The van der Waals surface area contributed by atoms with Crippen LogP contribution in [0.4, 0.5) is 0 Å². The zero-order valence-corrected chi connectivity index (χ0v) is 11.5. The quantitative estimate of drug-likeness (QED) is 0.421. The van der Waals surface area contributed by atoms with Crippen LogP contribution in [0.3, 0.4) is 0 Å². The third-order valence-electron chi connectivity index (χ3n) is 3.13. The molecule has 0 aromatic carbocycles. The molecule has 0 amide bonds. The average Bonchev–Trinajstić information content (AvgIpc) is 2.24. The summed E-state index contributed by atoms with van der Waals surface area (Å²) >= 11 is 0. The van der Waals surface area contributed by atoms with Crippen LogP contribution in [0, 0.1) is 0 Å². The summed E-state index contributed by atoms with van der Waals surface area (Å²) in [5, 5.41) is 0. The van der Waals surface area contributed by atoms with Crippen molar-refractivity contribution >= 4 is 14.5 Å². The zero-order valence-electron chi connectivity index (χ0n) is 10.5. The van der Waals surface area contributed by atoms with Crippen molar-refractivity contribution in [2.45, 2.75) is 64.2 Å². The molecule has 0 N–H and O–H groups in total. The van der Waals surface area contributed by atoms with Crippen molar-refractivity contribution in [1.29, 1.82) is 0 Å². The van der Waals surface area contributed by atoms with Crippen LogP contribution in [-0.2, 0) is 9.53 Å². The molecule has 0 unspecified atom stereocenters. The fraction of sp³-hybridized carbons (Fsp3) is 0.917. The molecule has 2 nitrogen and oxygen atoms in total. The maximum absolute atomic E-state index is 9.99. The van der Waals surface area contributed by atoms with Gasteiger partial charge in [0.25, 0.3) is 0 Å². The van der Waals surface area contributed by atoms with E-state index in [0.29, 0.717) is 6.61 Å². The highest BCUT2D eigenvalue weighted by atomic mass is 28.3. The molecule has 0 aromatic rings. The lowest BCUT2D eigenvalue weighted by Crippen LogP contribution is -2.31. The largest absolute Gasteiger partial charge is 0.458 e. The van der Waals surface area contributed by atoms with E-state index in [0.717, 1.165) is 6.04 Å². The number of hydrogen-bond donors (Lipinski definition) is 0. The Balaban J connectivity index is 3.94. The van der Waals surface area contributed by atoms with Gasteiger partial charge in [-0.15, -0.1) is 0 Å². The minimum atomic E-state index is -1.13. The monoisotopic (exact) mass is 229 g/mol. The van der Waals surface area contributed by atoms with Crippen LogP contribution in [0.5, 0.6) is 0 Å². The number of ether oxygens (including phenoxy) is 1. The Morgan fingerprint density at radius 1 is 1.07 bits per heavy atom. The Bertz CT molecular complexity index is 152. The molecule has 0 bridgehead atoms. The van der Waals surface area contributed by atoms with Crippen molar-refractivity contribution in [1.82, 2.24) is 0 Å². The van der Waals surface area contributed by atoms with E-state index in [4.69, 9.17) is 4.74 Å². The number of rotatable bonds is 10. The van der Waals surface area contributed by atoms with Crippen molar-refractivity contribution in [2.24, 2.45) is 0 Å². The summed E-state index contributed by atoms with van der Waals surface area (Å²) in [4.78, 5) is 9.99. The second kappa shape index (κ2) is 8.95. The predicted molar refractivity (Wildman–Crippen MR) is 67.5 cm³/mol. The maximum atomic E-state index is 9.99. The summed E-state index contributed by atoms with van der Waals surface area (Å²) < 4.78 is 4.72. The summed E-state index contributed by atoms with van der Waals surface area (Å²) in [6.45, 7) is 9.04. The SMILES string of the molecule is CCCC[Si](C)(CCCC)CCO[C]=O. The van der Waals surface area contributed by atoms with Crippen LogP contribution < -0.4 is 0 Å². The van der Waals surface area contributed by atoms with Gasteiger partial charge in [0.05, 0.1) is 14.7 Å². The van der Waals surface area contributed by atoms with Crippen LogP contribution in [0.2, 0.25) is 24.7 Å². The van der Waals surface area contributed by atoms with Crippen molar-refractivity contribution in [2.75, 3.05) is 6.61 Å². The van der Waals surface area contributed by atoms with E-state index in [1.54, 1.807) is 0 Å². The normalized spacial score (nSPS) is 11.4. The zero-order chi connectivity index (χ0) is 11.6. The fourth-order valence-corrected chi connectivity index (χ4v) is 5.68. The van der Waals surface area contributed by atoms with Crippen molar-refractivity contribution in [3.05, 3.63) is 0 Å². The molecular weight excluding hydrogens is 204 g/mol. The molecule has 0 aliphatic rings. The smallest absolute Gasteiger partial charge is 0.417 e. The molecule has 0 saturated carbocycles. The Labute approximate surface area is 95.4 Å². The second-order valence-electron chi connectivity index (χ2n) is 4.70. The van der Waals surface area contributed by atoms with Gasteiger partial charge >= 0.3 is 6.47 Å². The first-order valence-electron chi connectivity index (χ1n) is 6.17. The number of unbranched alkanes of at least 4 members (excludes halogenated alkanes) is 2. The van der Waals surface area contributed by atoms with E-state index in [2.05, 4.69) is 20.4 Å². The van der Waals surface area contributed by atoms with E-state index in [1.807, 2.05) is 0 Å². The third kappa shape index (κ3) is 7.60. The number of carbonyl (C=O) groups excluding carboxylic acids is 1. The molecule has 1 radical (unpaired) electrons. The van der Waals surface area contributed by atoms with Gasteiger partial charge in [-0.25, -0.2) is 4.79 Å². The van der Waals surface area contributed by atoms with Gasteiger partial charge in [0.15, 0.2) is 0 Å². The van der Waals surface area contributed by atoms with E-state index in [9.17, 15) is 4.79 Å². The molecule has 0 spiro atoms. The highest BCUT2D eigenvalue weighted by Crippen LogP contribution is 2.25. The first-order chi connectivity index (χ1) is 7.18. The van der Waals surface area contributed by atoms with Crippen molar-refractivity contribution < 1.29 is 9.53 Å². The maximum Gasteiger partial charge on any atom is 0.417 e. The third-order valence-corrected chi connectivity index (χ3v) is 7.67. The Morgan fingerprint density at radius 2 is 1.60 bits per heavy atom. The van der Waals surface area contributed by atoms with E-state index >= 15 is 0 Å². The molecule has 0 aromatic heterocycles. The van der Waals surface area contributed by atoms with Gasteiger partial charge in [-0.05, 0) is 6.04 Å². The van der Waals surface area contributed by atoms with E-state index in [1.165, 1.54) is 44.2 Å². The first kappa shape index (κ1) is 14.7. The minimum absolute atomic E-state index is 0.583. The molecule has 3 heteroatoms. The molecule has 0 atom stereocenters. The van der Waals surface area contributed by atoms with Gasteiger partial charge < -0.3 is 4.74 Å². The molecule has 0 heterocycles. The van der Waals surface area contributed by atoms with Gasteiger partial charge in [-0.1, -0.05) is 58.2 Å². The van der Waals surface area contributed by atoms with E-state index in [-0.39, 0.29) is 0 Å². The molecular formula is C12H25O2Si. The lowest BCUT2D eigenvalue weighted by molar-refractivity contribution is 0.294. The van der Waals surface area contributed by atoms with Gasteiger partial charge in [-0.2, -0.15) is 0 Å². The average molecular weight is 229 g/mol. The molecule has 0 saturated heterocycles. The van der Waals surface area contributed by atoms with Crippen molar-refractivity contribution in [3.63, 3.8) is 0 Å². The van der Waals surface area contributed by atoms with Crippen molar-refractivity contribution in [3.8, 4) is 0 Å². The summed E-state index contributed by atoms with van der Waals surface area (Å²) in [5.74, 6) is 0. The summed E-state index contributed by atoms with van der Waals surface area (Å²) in [6.07, 6.45) is 5.21. The highest BCUT2D eigenvalue weighted by molar-refractivity contribution is 6.78. The highest BCUT2D eigenvalue weighted by Gasteiger charge is 2.25. The number of hydrogen-bond acceptors (Lipinski definition) is 2. The van der Waals surface area contributed by atoms with Gasteiger partial charge in [0.2, 0.25) is 0 Å². The van der Waals surface area contributed by atoms with Gasteiger partial charge in [0.1, 0.15) is 0 Å². The Hall–Kier alpha value is -0.313. The summed E-state index contributed by atoms with van der Waals surface area (Å²) in [6, 6.07) is 3.87. The molecule has 0 fully saturated rings. The lowest BCUT2D eigenvalue weighted by Gasteiger charge is -2.26. The fourth-order valence-electron chi connectivity index (χ4n) is 1.92. The molecule has 0 aliphatic heterocycles. The summed E-state index contributed by atoms with van der Waals surface area (Å²) in [7, 11) is -1.13. The molecule has 0 aliphatic carbocycles. The molecule has 15 heavy (non-hydrogen) atoms. The van der Waals surface area contributed by atoms with Gasteiger partial charge in [0, 0.05) is 0 Å². The van der Waals surface area contributed by atoms with E-state index < -0.39 is 8.07 Å². The molecule has 0 rings (SSSR count). The van der Waals surface area contributed by atoms with Crippen LogP contribution in [-0.4, -0.2) is 21.2 Å². The Kier molecular flexibility index (Phi) is 8.77. The topological polar surface area (TPSA) is 26.3 Å². The predicted octanol–water partition coefficient (Wildman–Crippen LogP) is 3.75. The minimum Gasteiger partial charge on any atom is -0.458 e. The van der Waals surface area contributed by atoms with Gasteiger partial charge in [-0.3, -0.25) is 0 Å². The lowest BCUT2D eigenvalue weighted by atomic mass is 10.4. The summed E-state index contributed by atoms with van der Waals surface area (Å²) in [5.41, 5.74) is 0. The van der Waals surface area contributed by atoms with Crippen LogP contribution in [0.25, 0.3) is 0 Å². The standard InChI is InChI=1S/C12H25O2Si/c1-4-6-9-15(3,10-7-5-2)11-8-14-12-13/h4-11H2,1-3H3. The first-order valence-corrected chi connectivity index (χ1v) is 9.29. The van der Waals surface area contributed by atoms with Crippen LogP contribution in [0.1, 0.15) is 39.5 Å². The van der Waals surface area contributed by atoms with Crippen LogP contribution >= 0.6 is 0 Å². The second-order valence-corrected chi connectivity index (χ2v) is 9.82. The Morgan fingerprint density at radius 3 is 2.00 bits per heavy atom.